The predicted molar refractivity (Wildman–Crippen MR) is 106 cm³/mol. The van der Waals surface area contributed by atoms with Crippen LogP contribution < -0.4 is 0 Å². The average molecular weight is 355 g/mol. The van der Waals surface area contributed by atoms with Gasteiger partial charge in [-0.3, -0.25) is 4.90 Å². The fourth-order valence-corrected chi connectivity index (χ4v) is 4.02. The van der Waals surface area contributed by atoms with E-state index in [-0.39, 0.29) is 5.92 Å². The van der Waals surface area contributed by atoms with Crippen LogP contribution in [0.1, 0.15) is 29.7 Å². The number of aromatic nitrogens is 2. The quantitative estimate of drug-likeness (QED) is 0.526. The van der Waals surface area contributed by atoms with Crippen LogP contribution in [0.3, 0.4) is 0 Å². The number of likely N-dealkylation sites (N-methyl/N-ethyl adjacent to an activating group) is 1. The Kier molecular flexibility index (Phi) is 3.98. The average Bonchev–Trinajstić information content (AvgIpc) is 3.17. The van der Waals surface area contributed by atoms with E-state index in [1.165, 1.54) is 16.5 Å². The van der Waals surface area contributed by atoms with Gasteiger partial charge in [0.25, 0.3) is 0 Å². The van der Waals surface area contributed by atoms with E-state index in [4.69, 9.17) is 4.42 Å². The molecule has 4 heteroatoms. The highest BCUT2D eigenvalue weighted by Gasteiger charge is 2.28. The van der Waals surface area contributed by atoms with Gasteiger partial charge in [-0.1, -0.05) is 37.3 Å². The second-order valence-corrected chi connectivity index (χ2v) is 7.09. The van der Waals surface area contributed by atoms with Crippen molar-refractivity contribution in [2.24, 2.45) is 0 Å². The summed E-state index contributed by atoms with van der Waals surface area (Å²) in [4.78, 5) is 2.47. The molecule has 0 radical (unpaired) electrons. The molecule has 0 saturated carbocycles. The molecule has 4 aromatic rings. The van der Waals surface area contributed by atoms with Gasteiger partial charge >= 0.3 is 0 Å². The summed E-state index contributed by atoms with van der Waals surface area (Å²) in [7, 11) is 0. The number of para-hydroxylation sites is 1. The van der Waals surface area contributed by atoms with Gasteiger partial charge in [-0.05, 0) is 48.0 Å². The summed E-state index contributed by atoms with van der Waals surface area (Å²) in [5, 5.41) is 9.44. The van der Waals surface area contributed by atoms with Crippen molar-refractivity contribution in [3.05, 3.63) is 83.7 Å². The standard InChI is InChI=1S/C23H21N3O/c1-2-26-14-18-12-16(21-7-5-11-24-25-21)9-10-19(18)20(15-26)23-13-17-6-3-4-8-22(17)27-23/h3-13,20H,2,14-15H2,1H3. The largest absolute Gasteiger partial charge is 0.460 e. The maximum atomic E-state index is 6.22. The van der Waals surface area contributed by atoms with Crippen LogP contribution in [0.2, 0.25) is 0 Å². The lowest BCUT2D eigenvalue weighted by Crippen LogP contribution is -2.33. The predicted octanol–water partition coefficient (Wildman–Crippen LogP) is 4.86. The van der Waals surface area contributed by atoms with Gasteiger partial charge < -0.3 is 4.42 Å². The topological polar surface area (TPSA) is 42.2 Å². The van der Waals surface area contributed by atoms with Crippen LogP contribution in [-0.2, 0) is 6.54 Å². The molecule has 134 valence electrons. The zero-order chi connectivity index (χ0) is 18.2. The molecule has 0 fully saturated rings. The van der Waals surface area contributed by atoms with Crippen LogP contribution in [0.25, 0.3) is 22.2 Å². The fourth-order valence-electron chi connectivity index (χ4n) is 4.02. The Morgan fingerprint density at radius 1 is 1.07 bits per heavy atom. The third kappa shape index (κ3) is 2.92. The molecule has 0 saturated heterocycles. The maximum absolute atomic E-state index is 6.22. The van der Waals surface area contributed by atoms with Crippen molar-refractivity contribution in [1.82, 2.24) is 15.1 Å². The Morgan fingerprint density at radius 2 is 2.00 bits per heavy atom. The molecule has 1 aliphatic rings. The van der Waals surface area contributed by atoms with Gasteiger partial charge in [-0.2, -0.15) is 10.2 Å². The van der Waals surface area contributed by atoms with Crippen LogP contribution in [0.15, 0.2) is 71.3 Å². The lowest BCUT2D eigenvalue weighted by molar-refractivity contribution is 0.244. The fraction of sp³-hybridized carbons (Fsp3) is 0.217. The summed E-state index contributed by atoms with van der Waals surface area (Å²) in [6, 6.07) is 21.0. The van der Waals surface area contributed by atoms with Crippen molar-refractivity contribution in [2.75, 3.05) is 13.1 Å². The Hall–Kier alpha value is -2.98. The molecule has 0 aliphatic carbocycles. The van der Waals surface area contributed by atoms with Gasteiger partial charge in [0, 0.05) is 30.2 Å². The van der Waals surface area contributed by atoms with Crippen LogP contribution in [0.5, 0.6) is 0 Å². The molecule has 1 aliphatic heterocycles. The van der Waals surface area contributed by atoms with Gasteiger partial charge in [-0.25, -0.2) is 0 Å². The zero-order valence-corrected chi connectivity index (χ0v) is 15.3. The lowest BCUT2D eigenvalue weighted by atomic mass is 9.86. The molecule has 2 aromatic heterocycles. The second kappa shape index (κ2) is 6.63. The molecule has 0 N–H and O–H groups in total. The monoisotopic (exact) mass is 355 g/mol. The van der Waals surface area contributed by atoms with E-state index in [1.807, 2.05) is 24.3 Å². The molecule has 3 heterocycles. The van der Waals surface area contributed by atoms with Crippen LogP contribution >= 0.6 is 0 Å². The smallest absolute Gasteiger partial charge is 0.134 e. The van der Waals surface area contributed by atoms with Crippen molar-refractivity contribution in [2.45, 2.75) is 19.4 Å². The third-order valence-corrected chi connectivity index (χ3v) is 5.46. The molecule has 0 amide bonds. The number of hydrogen-bond acceptors (Lipinski definition) is 4. The molecule has 2 aromatic carbocycles. The number of hydrogen-bond donors (Lipinski definition) is 0. The molecule has 0 bridgehead atoms. The summed E-state index contributed by atoms with van der Waals surface area (Å²) in [5.41, 5.74) is 5.68. The van der Waals surface area contributed by atoms with Crippen molar-refractivity contribution in [1.29, 1.82) is 0 Å². The van der Waals surface area contributed by atoms with E-state index >= 15 is 0 Å². The first-order chi connectivity index (χ1) is 13.3. The Bertz CT molecular complexity index is 1050. The number of rotatable bonds is 3. The number of furan rings is 1. The van der Waals surface area contributed by atoms with Gasteiger partial charge in [0.05, 0.1) is 11.6 Å². The van der Waals surface area contributed by atoms with E-state index in [2.05, 4.69) is 58.4 Å². The molecular weight excluding hydrogens is 334 g/mol. The lowest BCUT2D eigenvalue weighted by Gasteiger charge is -2.33. The summed E-state index contributed by atoms with van der Waals surface area (Å²) < 4.78 is 6.22. The summed E-state index contributed by atoms with van der Waals surface area (Å²) in [5.74, 6) is 1.29. The summed E-state index contributed by atoms with van der Waals surface area (Å²) in [6.45, 7) is 5.17. The zero-order valence-electron chi connectivity index (χ0n) is 15.3. The first-order valence-electron chi connectivity index (χ1n) is 9.43. The Morgan fingerprint density at radius 3 is 2.81 bits per heavy atom. The highest BCUT2D eigenvalue weighted by molar-refractivity contribution is 5.78. The first kappa shape index (κ1) is 16.2. The van der Waals surface area contributed by atoms with Gasteiger partial charge in [0.1, 0.15) is 11.3 Å². The third-order valence-electron chi connectivity index (χ3n) is 5.46. The van der Waals surface area contributed by atoms with Crippen LogP contribution in [0.4, 0.5) is 0 Å². The molecule has 0 spiro atoms. The van der Waals surface area contributed by atoms with E-state index in [1.54, 1.807) is 6.20 Å². The van der Waals surface area contributed by atoms with Crippen LogP contribution in [0, 0.1) is 0 Å². The van der Waals surface area contributed by atoms with Gasteiger partial charge in [0.2, 0.25) is 0 Å². The van der Waals surface area contributed by atoms with E-state index in [0.29, 0.717) is 0 Å². The van der Waals surface area contributed by atoms with Crippen molar-refractivity contribution in [3.8, 4) is 11.3 Å². The van der Waals surface area contributed by atoms with Gasteiger partial charge in [-0.15, -0.1) is 0 Å². The minimum atomic E-state index is 0.247. The molecule has 4 nitrogen and oxygen atoms in total. The van der Waals surface area contributed by atoms with E-state index < -0.39 is 0 Å². The molecule has 27 heavy (non-hydrogen) atoms. The van der Waals surface area contributed by atoms with E-state index in [9.17, 15) is 0 Å². The number of nitrogens with zero attached hydrogens (tertiary/aromatic N) is 3. The molecule has 5 rings (SSSR count). The van der Waals surface area contributed by atoms with Crippen molar-refractivity contribution in [3.63, 3.8) is 0 Å². The number of fused-ring (bicyclic) bond motifs is 2. The van der Waals surface area contributed by atoms with Gasteiger partial charge in [0.15, 0.2) is 0 Å². The maximum Gasteiger partial charge on any atom is 0.134 e. The Labute approximate surface area is 158 Å². The molecular formula is C23H21N3O. The van der Waals surface area contributed by atoms with Crippen LogP contribution in [-0.4, -0.2) is 28.2 Å². The highest BCUT2D eigenvalue weighted by atomic mass is 16.3. The van der Waals surface area contributed by atoms with Crippen molar-refractivity contribution >= 4 is 11.0 Å². The minimum Gasteiger partial charge on any atom is -0.460 e. The van der Waals surface area contributed by atoms with E-state index in [0.717, 1.165) is 42.2 Å². The first-order valence-corrected chi connectivity index (χ1v) is 9.43. The SMILES string of the molecule is CCN1Cc2cc(-c3cccnn3)ccc2C(c2cc3ccccc3o2)C1. The highest BCUT2D eigenvalue weighted by Crippen LogP contribution is 2.37. The van der Waals surface area contributed by atoms with Crippen molar-refractivity contribution < 1.29 is 4.42 Å². The Balaban J connectivity index is 1.60. The molecule has 1 atom stereocenters. The summed E-state index contributed by atoms with van der Waals surface area (Å²) in [6.07, 6.45) is 1.71. The summed E-state index contributed by atoms with van der Waals surface area (Å²) >= 11 is 0. The second-order valence-electron chi connectivity index (χ2n) is 7.09. The molecule has 1 unspecified atom stereocenters. The normalized spacial score (nSPS) is 17.1. The minimum absolute atomic E-state index is 0.247. The number of benzene rings is 2.